The second-order valence-corrected chi connectivity index (χ2v) is 9.59. The van der Waals surface area contributed by atoms with Crippen LogP contribution in [0.3, 0.4) is 0 Å². The Bertz CT molecular complexity index is 1190. The Kier molecular flexibility index (Phi) is 9.04. The van der Waals surface area contributed by atoms with Gasteiger partial charge in [0.05, 0.1) is 19.6 Å². The molecule has 8 heteroatoms. The fourth-order valence-corrected chi connectivity index (χ4v) is 4.51. The van der Waals surface area contributed by atoms with E-state index in [9.17, 15) is 19.2 Å². The van der Waals surface area contributed by atoms with Gasteiger partial charge in [-0.05, 0) is 86.7 Å². The molecule has 1 aliphatic carbocycles. The second-order valence-electron chi connectivity index (χ2n) is 9.16. The summed E-state index contributed by atoms with van der Waals surface area (Å²) >= 11 is 5.99. The van der Waals surface area contributed by atoms with Gasteiger partial charge in [0.15, 0.2) is 5.78 Å². The van der Waals surface area contributed by atoms with E-state index in [1.54, 1.807) is 45.2 Å². The third-order valence-corrected chi connectivity index (χ3v) is 6.61. The molecule has 1 unspecified atom stereocenters. The van der Waals surface area contributed by atoms with E-state index in [1.165, 1.54) is 0 Å². The highest BCUT2D eigenvalue weighted by Crippen LogP contribution is 2.37. The van der Waals surface area contributed by atoms with Gasteiger partial charge in [-0.2, -0.15) is 0 Å². The quantitative estimate of drug-likeness (QED) is 0.389. The molecule has 0 aliphatic heterocycles. The Morgan fingerprint density at radius 2 is 1.78 bits per heavy atom. The number of allylic oxidation sites excluding steroid dienone is 1. The number of halogens is 1. The number of aldehydes is 1. The lowest BCUT2D eigenvalue weighted by Crippen LogP contribution is -2.47. The van der Waals surface area contributed by atoms with Crippen LogP contribution in [0.2, 0.25) is 5.02 Å². The zero-order valence-electron chi connectivity index (χ0n) is 20.9. The SMILES string of the molecule is COc1ccc2c(c1)C(CC(=O)N[C@@H](C)C(=O)N[C@@H](C)C=O)=C(C)CC(C(=O)c1ccc(Cl)cc1)C2. The largest absolute Gasteiger partial charge is 0.497 e. The van der Waals surface area contributed by atoms with Crippen LogP contribution in [0.15, 0.2) is 48.0 Å². The van der Waals surface area contributed by atoms with Crippen molar-refractivity contribution in [2.24, 2.45) is 5.92 Å². The molecule has 3 rings (SSSR count). The van der Waals surface area contributed by atoms with Gasteiger partial charge in [-0.3, -0.25) is 14.4 Å². The lowest BCUT2D eigenvalue weighted by atomic mass is 9.88. The molecule has 2 aromatic carbocycles. The van der Waals surface area contributed by atoms with Gasteiger partial charge in [0.2, 0.25) is 11.8 Å². The zero-order chi connectivity index (χ0) is 26.4. The molecule has 7 nitrogen and oxygen atoms in total. The number of fused-ring (bicyclic) bond motifs is 1. The topological polar surface area (TPSA) is 102 Å². The molecule has 2 amide bonds. The van der Waals surface area contributed by atoms with Crippen LogP contribution in [0.25, 0.3) is 5.57 Å². The number of benzene rings is 2. The molecule has 0 spiro atoms. The van der Waals surface area contributed by atoms with Crippen molar-refractivity contribution in [3.8, 4) is 5.75 Å². The molecule has 0 aromatic heterocycles. The summed E-state index contributed by atoms with van der Waals surface area (Å²) in [6.07, 6.45) is 1.67. The fourth-order valence-electron chi connectivity index (χ4n) is 4.39. The predicted octanol–water partition coefficient (Wildman–Crippen LogP) is 4.17. The number of amides is 2. The molecule has 2 aromatic rings. The van der Waals surface area contributed by atoms with E-state index >= 15 is 0 Å². The summed E-state index contributed by atoms with van der Waals surface area (Å²) in [6, 6.07) is 11.1. The zero-order valence-corrected chi connectivity index (χ0v) is 21.6. The van der Waals surface area contributed by atoms with E-state index in [4.69, 9.17) is 16.3 Å². The van der Waals surface area contributed by atoms with Gasteiger partial charge in [-0.25, -0.2) is 0 Å². The summed E-state index contributed by atoms with van der Waals surface area (Å²) in [7, 11) is 1.58. The van der Waals surface area contributed by atoms with Crippen LogP contribution in [0.5, 0.6) is 5.75 Å². The molecular weight excluding hydrogens is 480 g/mol. The van der Waals surface area contributed by atoms with Crippen LogP contribution >= 0.6 is 11.6 Å². The maximum Gasteiger partial charge on any atom is 0.242 e. The van der Waals surface area contributed by atoms with Crippen molar-refractivity contribution in [2.75, 3.05) is 7.11 Å². The van der Waals surface area contributed by atoms with E-state index < -0.39 is 18.0 Å². The summed E-state index contributed by atoms with van der Waals surface area (Å²) in [6.45, 7) is 5.06. The number of hydrogen-bond donors (Lipinski definition) is 2. The number of methoxy groups -OCH3 is 1. The lowest BCUT2D eigenvalue weighted by Gasteiger charge is -2.18. The minimum Gasteiger partial charge on any atom is -0.497 e. The standard InChI is InChI=1S/C28H31ClN2O5/c1-16-11-21(27(34)19-5-8-22(29)9-6-19)12-20-7-10-23(36-4)13-25(20)24(16)14-26(33)31-18(3)28(35)30-17(2)15-32/h5-10,13,15,17-18,21H,11-12,14H2,1-4H3,(H,30,35)(H,31,33)/t17-,18-,21?/m0/s1. The van der Waals surface area contributed by atoms with Gasteiger partial charge >= 0.3 is 0 Å². The van der Waals surface area contributed by atoms with Crippen molar-refractivity contribution in [2.45, 2.75) is 52.1 Å². The molecule has 190 valence electrons. The average Bonchev–Trinajstić information content (AvgIpc) is 2.99. The van der Waals surface area contributed by atoms with Crippen LogP contribution < -0.4 is 15.4 Å². The highest BCUT2D eigenvalue weighted by molar-refractivity contribution is 6.30. The Hall–Kier alpha value is -3.45. The van der Waals surface area contributed by atoms with E-state index in [2.05, 4.69) is 10.6 Å². The summed E-state index contributed by atoms with van der Waals surface area (Å²) < 4.78 is 5.42. The maximum atomic E-state index is 13.4. The van der Waals surface area contributed by atoms with Crippen molar-refractivity contribution in [1.82, 2.24) is 10.6 Å². The van der Waals surface area contributed by atoms with Gasteiger partial charge in [0.25, 0.3) is 0 Å². The number of Topliss-reactive ketones (excluding diaryl/α,β-unsaturated/α-hetero) is 1. The van der Waals surface area contributed by atoms with Crippen LogP contribution in [0, 0.1) is 5.92 Å². The van der Waals surface area contributed by atoms with Gasteiger partial charge in [-0.1, -0.05) is 23.2 Å². The highest BCUT2D eigenvalue weighted by Gasteiger charge is 2.29. The Morgan fingerprint density at radius 3 is 2.42 bits per heavy atom. The van der Waals surface area contributed by atoms with Crippen molar-refractivity contribution in [3.63, 3.8) is 0 Å². The first-order valence-corrected chi connectivity index (χ1v) is 12.2. The highest BCUT2D eigenvalue weighted by atomic mass is 35.5. The molecular formula is C28H31ClN2O5. The molecule has 0 saturated carbocycles. The third kappa shape index (κ3) is 6.61. The van der Waals surface area contributed by atoms with Crippen LogP contribution in [0.4, 0.5) is 0 Å². The lowest BCUT2D eigenvalue weighted by molar-refractivity contribution is -0.129. The fraction of sp³-hybridized carbons (Fsp3) is 0.357. The van der Waals surface area contributed by atoms with Crippen LogP contribution in [-0.4, -0.2) is 43.1 Å². The molecule has 0 heterocycles. The maximum absolute atomic E-state index is 13.4. The van der Waals surface area contributed by atoms with Crippen LogP contribution in [-0.2, 0) is 20.8 Å². The molecule has 36 heavy (non-hydrogen) atoms. The van der Waals surface area contributed by atoms with Crippen molar-refractivity contribution >= 4 is 41.1 Å². The van der Waals surface area contributed by atoms with Crippen molar-refractivity contribution in [3.05, 3.63) is 69.8 Å². The van der Waals surface area contributed by atoms with Gasteiger partial charge in [0, 0.05) is 16.5 Å². The average molecular weight is 511 g/mol. The molecule has 3 atom stereocenters. The van der Waals surface area contributed by atoms with Gasteiger partial charge in [-0.15, -0.1) is 0 Å². The van der Waals surface area contributed by atoms with Crippen molar-refractivity contribution < 1.29 is 23.9 Å². The first-order chi connectivity index (χ1) is 17.1. The number of ketones is 1. The van der Waals surface area contributed by atoms with E-state index in [0.717, 1.165) is 22.3 Å². The predicted molar refractivity (Wildman–Crippen MR) is 139 cm³/mol. The number of carbonyl (C=O) groups is 4. The monoisotopic (exact) mass is 510 g/mol. The summed E-state index contributed by atoms with van der Waals surface area (Å²) in [5.41, 5.74) is 4.14. The second kappa shape index (κ2) is 12.0. The minimum absolute atomic E-state index is 0.0214. The van der Waals surface area contributed by atoms with E-state index in [-0.39, 0.29) is 24.0 Å². The van der Waals surface area contributed by atoms with E-state index in [1.807, 2.05) is 25.1 Å². The molecule has 2 N–H and O–H groups in total. The minimum atomic E-state index is -0.810. The van der Waals surface area contributed by atoms with Gasteiger partial charge < -0.3 is 20.2 Å². The van der Waals surface area contributed by atoms with E-state index in [0.29, 0.717) is 35.5 Å². The number of carbonyl (C=O) groups excluding carboxylic acids is 4. The Labute approximate surface area is 216 Å². The third-order valence-electron chi connectivity index (χ3n) is 6.36. The smallest absolute Gasteiger partial charge is 0.242 e. The summed E-state index contributed by atoms with van der Waals surface area (Å²) in [5, 5.41) is 5.81. The number of rotatable bonds is 9. The normalized spacial score (nSPS) is 16.8. The number of nitrogens with one attached hydrogen (secondary N) is 2. The molecule has 0 saturated heterocycles. The van der Waals surface area contributed by atoms with Crippen molar-refractivity contribution in [1.29, 1.82) is 0 Å². The molecule has 0 fully saturated rings. The summed E-state index contributed by atoms with van der Waals surface area (Å²) in [4.78, 5) is 49.4. The number of ether oxygens (including phenoxy) is 1. The number of hydrogen-bond acceptors (Lipinski definition) is 5. The Balaban J connectivity index is 1.88. The summed E-state index contributed by atoms with van der Waals surface area (Å²) in [5.74, 6) is -0.397. The van der Waals surface area contributed by atoms with Gasteiger partial charge in [0.1, 0.15) is 18.1 Å². The molecule has 0 bridgehead atoms. The van der Waals surface area contributed by atoms with Crippen LogP contribution in [0.1, 0.15) is 55.1 Å². The Morgan fingerprint density at radius 1 is 1.08 bits per heavy atom. The molecule has 1 aliphatic rings. The molecule has 0 radical (unpaired) electrons. The first kappa shape index (κ1) is 27.1. The first-order valence-electron chi connectivity index (χ1n) is 11.8.